The molecule has 328 valence electrons. The molecule has 4 aliphatic carbocycles. The number of hydrogen-bond acceptors (Lipinski definition) is 4. The van der Waals surface area contributed by atoms with Crippen molar-refractivity contribution in [2.24, 2.45) is 46.3 Å². The molecular weight excluding hydrogens is 725 g/mol. The van der Waals surface area contributed by atoms with Gasteiger partial charge in [0.2, 0.25) is 0 Å². The number of fused-ring (bicyclic) bond motifs is 5. The van der Waals surface area contributed by atoms with E-state index in [1.165, 1.54) is 114 Å². The van der Waals surface area contributed by atoms with E-state index in [-0.39, 0.29) is 12.1 Å². The molecule has 6 rings (SSSR count). The van der Waals surface area contributed by atoms with Crippen LogP contribution in [0.2, 0.25) is 0 Å². The third-order valence-corrected chi connectivity index (χ3v) is 16.2. The molecule has 4 aliphatic rings. The number of esters is 1. The van der Waals surface area contributed by atoms with Crippen LogP contribution in [-0.2, 0) is 9.53 Å². The highest BCUT2D eigenvalue weighted by Crippen LogP contribution is 2.67. The molecule has 0 saturated heterocycles. The predicted octanol–water partition coefficient (Wildman–Crippen LogP) is 15.8. The molecule has 59 heavy (non-hydrogen) atoms. The molecule has 2 aromatic carbocycles. The highest BCUT2D eigenvalue weighted by Gasteiger charge is 2.59. The van der Waals surface area contributed by atoms with Gasteiger partial charge in [0, 0.05) is 12.8 Å². The number of hydrogen-bond donors (Lipinski definition) is 0. The van der Waals surface area contributed by atoms with Crippen LogP contribution in [0, 0.1) is 46.3 Å². The second kappa shape index (κ2) is 22.4. The SMILES string of the molecule is CCCCCOc1ccc(-c2ccc(OCCCCCCCCCCC(=O)O[C@H]3CC[C@@]4(C)C(=CC[C@H]5[C@@H]6CC[C@H]([C@H](C)CCCC(C)C)[C@@]6(C)CC[C@@H]54)C3)cc2)cc1. The van der Waals surface area contributed by atoms with Crippen LogP contribution in [0.5, 0.6) is 11.5 Å². The van der Waals surface area contributed by atoms with Gasteiger partial charge in [0.15, 0.2) is 0 Å². The maximum absolute atomic E-state index is 12.9. The fraction of sp³-hybridized carbons (Fsp3) is 0.727. The minimum absolute atomic E-state index is 0.0349. The Bertz CT molecular complexity index is 1570. The first-order chi connectivity index (χ1) is 28.6. The number of ether oxygens (including phenoxy) is 3. The Morgan fingerprint density at radius 2 is 1.29 bits per heavy atom. The summed E-state index contributed by atoms with van der Waals surface area (Å²) in [5, 5.41) is 0. The first-order valence-corrected chi connectivity index (χ1v) is 25.0. The van der Waals surface area contributed by atoms with E-state index in [1.807, 2.05) is 0 Å². The van der Waals surface area contributed by atoms with Crippen molar-refractivity contribution < 1.29 is 19.0 Å². The van der Waals surface area contributed by atoms with Crippen molar-refractivity contribution in [3.63, 3.8) is 0 Å². The van der Waals surface area contributed by atoms with E-state index in [1.54, 1.807) is 5.57 Å². The van der Waals surface area contributed by atoms with Crippen LogP contribution in [0.15, 0.2) is 60.2 Å². The lowest BCUT2D eigenvalue weighted by molar-refractivity contribution is -0.151. The zero-order valence-electron chi connectivity index (χ0n) is 38.5. The minimum Gasteiger partial charge on any atom is -0.494 e. The van der Waals surface area contributed by atoms with Crippen molar-refractivity contribution in [3.8, 4) is 22.6 Å². The number of unbranched alkanes of at least 4 members (excludes halogenated alkanes) is 9. The van der Waals surface area contributed by atoms with Gasteiger partial charge in [0.25, 0.3) is 0 Å². The molecule has 4 nitrogen and oxygen atoms in total. The first-order valence-electron chi connectivity index (χ1n) is 25.0. The minimum atomic E-state index is 0.0349. The molecule has 0 heterocycles. The molecule has 0 unspecified atom stereocenters. The Morgan fingerprint density at radius 3 is 1.92 bits per heavy atom. The van der Waals surface area contributed by atoms with Gasteiger partial charge in [0.1, 0.15) is 17.6 Å². The number of carbonyl (C=O) groups excluding carboxylic acids is 1. The lowest BCUT2D eigenvalue weighted by Crippen LogP contribution is -2.51. The Morgan fingerprint density at radius 1 is 0.678 bits per heavy atom. The summed E-state index contributed by atoms with van der Waals surface area (Å²) in [6.45, 7) is 16.4. The van der Waals surface area contributed by atoms with Gasteiger partial charge in [-0.25, -0.2) is 0 Å². The van der Waals surface area contributed by atoms with Crippen LogP contribution >= 0.6 is 0 Å². The van der Waals surface area contributed by atoms with Gasteiger partial charge < -0.3 is 14.2 Å². The summed E-state index contributed by atoms with van der Waals surface area (Å²) >= 11 is 0. The third kappa shape index (κ3) is 12.2. The molecule has 4 heteroatoms. The third-order valence-electron chi connectivity index (χ3n) is 16.2. The molecule has 3 fully saturated rings. The van der Waals surface area contributed by atoms with Gasteiger partial charge in [-0.05, 0) is 146 Å². The van der Waals surface area contributed by atoms with Gasteiger partial charge in [-0.15, -0.1) is 0 Å². The van der Waals surface area contributed by atoms with Crippen LogP contribution < -0.4 is 9.47 Å². The van der Waals surface area contributed by atoms with Gasteiger partial charge >= 0.3 is 5.97 Å². The maximum Gasteiger partial charge on any atom is 0.306 e. The second-order valence-corrected chi connectivity index (χ2v) is 20.7. The summed E-state index contributed by atoms with van der Waals surface area (Å²) in [5.74, 6) is 7.10. The predicted molar refractivity (Wildman–Crippen MR) is 247 cm³/mol. The quantitative estimate of drug-likeness (QED) is 0.0602. The Labute approximate surface area is 361 Å². The summed E-state index contributed by atoms with van der Waals surface area (Å²) < 4.78 is 18.1. The van der Waals surface area contributed by atoms with E-state index < -0.39 is 0 Å². The monoisotopic (exact) mass is 809 g/mol. The van der Waals surface area contributed by atoms with Crippen molar-refractivity contribution >= 4 is 5.97 Å². The summed E-state index contributed by atoms with van der Waals surface area (Å²) in [5.41, 5.74) is 4.87. The molecule has 2 aromatic rings. The molecule has 8 atom stereocenters. The van der Waals surface area contributed by atoms with E-state index in [0.717, 1.165) is 98.7 Å². The van der Waals surface area contributed by atoms with Crippen LogP contribution in [0.3, 0.4) is 0 Å². The topological polar surface area (TPSA) is 44.8 Å². The number of benzene rings is 2. The Balaban J connectivity index is 0.799. The number of rotatable bonds is 24. The van der Waals surface area contributed by atoms with Gasteiger partial charge in [-0.1, -0.05) is 148 Å². The Kier molecular flexibility index (Phi) is 17.4. The van der Waals surface area contributed by atoms with Crippen molar-refractivity contribution in [3.05, 3.63) is 60.2 Å². The second-order valence-electron chi connectivity index (χ2n) is 20.7. The molecular formula is C55H84O4. The normalized spacial score (nSPS) is 28.0. The van der Waals surface area contributed by atoms with E-state index in [0.29, 0.717) is 17.3 Å². The summed E-state index contributed by atoms with van der Waals surface area (Å²) in [6, 6.07) is 16.8. The summed E-state index contributed by atoms with van der Waals surface area (Å²) in [4.78, 5) is 12.9. The van der Waals surface area contributed by atoms with Crippen molar-refractivity contribution in [2.75, 3.05) is 13.2 Å². The average molecular weight is 809 g/mol. The largest absolute Gasteiger partial charge is 0.494 e. The molecule has 0 aromatic heterocycles. The molecule has 0 radical (unpaired) electrons. The van der Waals surface area contributed by atoms with E-state index in [4.69, 9.17) is 14.2 Å². The van der Waals surface area contributed by atoms with Gasteiger partial charge in [-0.2, -0.15) is 0 Å². The summed E-state index contributed by atoms with van der Waals surface area (Å²) in [7, 11) is 0. The number of allylic oxidation sites excluding steroid dienone is 1. The molecule has 0 amide bonds. The van der Waals surface area contributed by atoms with Crippen molar-refractivity contribution in [2.45, 2.75) is 195 Å². The van der Waals surface area contributed by atoms with E-state index >= 15 is 0 Å². The van der Waals surface area contributed by atoms with Crippen LogP contribution in [0.25, 0.3) is 11.1 Å². The first kappa shape index (κ1) is 45.8. The summed E-state index contributed by atoms with van der Waals surface area (Å²) in [6.07, 6.45) is 30.6. The highest BCUT2D eigenvalue weighted by atomic mass is 16.5. The highest BCUT2D eigenvalue weighted by molar-refractivity contribution is 5.69. The number of carbonyl (C=O) groups is 1. The van der Waals surface area contributed by atoms with Crippen molar-refractivity contribution in [1.82, 2.24) is 0 Å². The van der Waals surface area contributed by atoms with Gasteiger partial charge in [0.05, 0.1) is 13.2 Å². The fourth-order valence-electron chi connectivity index (χ4n) is 12.6. The zero-order chi connectivity index (χ0) is 41.7. The standard InChI is InChI=1S/C55H84O4/c1-7-8-16-38-57-46-27-22-43(23-28-46)44-24-29-47(30-25-44)58-39-17-14-12-10-9-11-13-15-21-53(56)59-48-34-36-54(5)45(40-48)26-31-49-51-33-32-50(42(4)20-18-19-41(2)3)55(51,6)37-35-52(49)54/h22-30,41-42,48-52H,7-21,31-40H2,1-6H3/t42-,48+,49+,50-,51+,52+,54+,55-/m1/s1. The molecule has 0 spiro atoms. The van der Waals surface area contributed by atoms with Crippen LogP contribution in [0.1, 0.15) is 189 Å². The molecule has 0 bridgehead atoms. The lowest BCUT2D eigenvalue weighted by Gasteiger charge is -2.58. The average Bonchev–Trinajstić information content (AvgIpc) is 3.59. The van der Waals surface area contributed by atoms with E-state index in [9.17, 15) is 4.79 Å². The Hall–Kier alpha value is -2.75. The lowest BCUT2D eigenvalue weighted by atomic mass is 9.47. The zero-order valence-corrected chi connectivity index (χ0v) is 38.5. The molecule has 3 saturated carbocycles. The molecule has 0 N–H and O–H groups in total. The van der Waals surface area contributed by atoms with Crippen molar-refractivity contribution in [1.29, 1.82) is 0 Å². The maximum atomic E-state index is 12.9. The van der Waals surface area contributed by atoms with Crippen LogP contribution in [-0.4, -0.2) is 25.3 Å². The smallest absolute Gasteiger partial charge is 0.306 e. The molecule has 0 aliphatic heterocycles. The van der Waals surface area contributed by atoms with Crippen LogP contribution in [0.4, 0.5) is 0 Å². The van der Waals surface area contributed by atoms with Gasteiger partial charge in [-0.3, -0.25) is 4.79 Å². The van der Waals surface area contributed by atoms with E-state index in [2.05, 4.69) is 96.1 Å². The fourth-order valence-corrected chi connectivity index (χ4v) is 12.6.